The van der Waals surface area contributed by atoms with Crippen molar-refractivity contribution < 1.29 is 0 Å². The standard InChI is InChI=1S/C19H19N3/c1-13-12-22-9-7-14-6-8-19(21-17(14)18(22)20-13)10-15-4-2-3-5-16(15)11-19/h2-5,7,9,12,21H,6,8,10-11H2,1H3. The van der Waals surface area contributed by atoms with Crippen LogP contribution in [0.15, 0.2) is 42.7 Å². The highest BCUT2D eigenvalue weighted by Gasteiger charge is 2.40. The maximum atomic E-state index is 4.73. The largest absolute Gasteiger partial charge is 0.376 e. The molecule has 3 aromatic rings. The number of aryl methyl sites for hydroxylation is 2. The molecular formula is C19H19N3. The lowest BCUT2D eigenvalue weighted by atomic mass is 9.84. The smallest absolute Gasteiger partial charge is 0.160 e. The number of imidazole rings is 1. The first kappa shape index (κ1) is 12.3. The van der Waals surface area contributed by atoms with Crippen LogP contribution in [-0.4, -0.2) is 14.9 Å². The van der Waals surface area contributed by atoms with Gasteiger partial charge in [-0.05, 0) is 55.4 Å². The maximum absolute atomic E-state index is 4.73. The Labute approximate surface area is 130 Å². The van der Waals surface area contributed by atoms with Gasteiger partial charge >= 0.3 is 0 Å². The summed E-state index contributed by atoms with van der Waals surface area (Å²) in [5, 5.41) is 3.89. The van der Waals surface area contributed by atoms with Crippen LogP contribution >= 0.6 is 0 Å². The van der Waals surface area contributed by atoms with Gasteiger partial charge < -0.3 is 9.72 Å². The highest BCUT2D eigenvalue weighted by atomic mass is 15.1. The van der Waals surface area contributed by atoms with E-state index in [1.807, 2.05) is 0 Å². The van der Waals surface area contributed by atoms with E-state index in [1.54, 1.807) is 0 Å². The van der Waals surface area contributed by atoms with Crippen molar-refractivity contribution in [3.63, 3.8) is 0 Å². The fourth-order valence-electron chi connectivity index (χ4n) is 4.22. The Hall–Kier alpha value is -2.29. The van der Waals surface area contributed by atoms with Gasteiger partial charge in [-0.15, -0.1) is 0 Å². The molecule has 22 heavy (non-hydrogen) atoms. The summed E-state index contributed by atoms with van der Waals surface area (Å²) in [6.07, 6.45) is 8.83. The molecule has 0 saturated heterocycles. The minimum absolute atomic E-state index is 0.179. The molecule has 3 nitrogen and oxygen atoms in total. The maximum Gasteiger partial charge on any atom is 0.160 e. The summed E-state index contributed by atoms with van der Waals surface area (Å²) in [5.74, 6) is 0. The van der Waals surface area contributed by atoms with E-state index < -0.39 is 0 Å². The fourth-order valence-corrected chi connectivity index (χ4v) is 4.22. The van der Waals surface area contributed by atoms with E-state index >= 15 is 0 Å². The minimum atomic E-state index is 0.179. The van der Waals surface area contributed by atoms with Gasteiger partial charge in [-0.1, -0.05) is 24.3 Å². The molecule has 5 rings (SSSR count). The Bertz CT molecular complexity index is 866. The first-order chi connectivity index (χ1) is 10.7. The molecule has 1 aromatic carbocycles. The molecule has 0 fully saturated rings. The summed E-state index contributed by atoms with van der Waals surface area (Å²) in [6.45, 7) is 2.06. The lowest BCUT2D eigenvalue weighted by Crippen LogP contribution is -2.42. The summed E-state index contributed by atoms with van der Waals surface area (Å²) in [6, 6.07) is 11.1. The third-order valence-electron chi connectivity index (χ3n) is 5.27. The minimum Gasteiger partial charge on any atom is -0.376 e. The molecule has 3 heterocycles. The number of benzene rings is 1. The van der Waals surface area contributed by atoms with Crippen molar-refractivity contribution in [1.29, 1.82) is 0 Å². The number of hydrogen-bond donors (Lipinski definition) is 1. The van der Waals surface area contributed by atoms with Gasteiger partial charge in [0.2, 0.25) is 0 Å². The molecule has 1 aliphatic heterocycles. The van der Waals surface area contributed by atoms with E-state index in [0.29, 0.717) is 0 Å². The van der Waals surface area contributed by atoms with E-state index in [9.17, 15) is 0 Å². The molecule has 1 aliphatic carbocycles. The number of fused-ring (bicyclic) bond motifs is 4. The van der Waals surface area contributed by atoms with E-state index in [4.69, 9.17) is 4.98 Å². The average molecular weight is 289 g/mol. The molecule has 0 saturated carbocycles. The summed E-state index contributed by atoms with van der Waals surface area (Å²) in [5.41, 5.74) is 7.98. The van der Waals surface area contributed by atoms with Crippen LogP contribution in [0.2, 0.25) is 0 Å². The zero-order chi connectivity index (χ0) is 14.7. The van der Waals surface area contributed by atoms with Gasteiger partial charge in [-0.2, -0.15) is 0 Å². The van der Waals surface area contributed by atoms with Crippen LogP contribution in [-0.2, 0) is 19.3 Å². The molecule has 0 amide bonds. The zero-order valence-electron chi connectivity index (χ0n) is 12.8. The quantitative estimate of drug-likeness (QED) is 0.686. The second kappa shape index (κ2) is 4.13. The van der Waals surface area contributed by atoms with Crippen LogP contribution < -0.4 is 5.32 Å². The number of nitrogens with zero attached hydrogens (tertiary/aromatic N) is 2. The SMILES string of the molecule is Cc1cn2ccc3c(c2n1)NC1(CC3)Cc2ccccc2C1. The van der Waals surface area contributed by atoms with Crippen LogP contribution in [0.4, 0.5) is 5.69 Å². The number of pyridine rings is 1. The number of rotatable bonds is 0. The highest BCUT2D eigenvalue weighted by Crippen LogP contribution is 2.41. The number of anilines is 1. The molecule has 2 aromatic heterocycles. The first-order valence-corrected chi connectivity index (χ1v) is 8.05. The second-order valence-electron chi connectivity index (χ2n) is 6.86. The van der Waals surface area contributed by atoms with Crippen molar-refractivity contribution >= 4 is 11.3 Å². The van der Waals surface area contributed by atoms with E-state index in [0.717, 1.165) is 30.6 Å². The van der Waals surface area contributed by atoms with Crippen molar-refractivity contribution in [2.45, 2.75) is 38.1 Å². The van der Waals surface area contributed by atoms with Crippen molar-refractivity contribution in [3.05, 3.63) is 65.1 Å². The van der Waals surface area contributed by atoms with Gasteiger partial charge in [0.05, 0.1) is 11.4 Å². The average Bonchev–Trinajstić information content (AvgIpc) is 3.06. The van der Waals surface area contributed by atoms with Crippen LogP contribution in [0.5, 0.6) is 0 Å². The van der Waals surface area contributed by atoms with Crippen LogP contribution in [0, 0.1) is 6.92 Å². The van der Waals surface area contributed by atoms with Gasteiger partial charge in [0.1, 0.15) is 0 Å². The van der Waals surface area contributed by atoms with E-state index in [2.05, 4.69) is 59.4 Å². The van der Waals surface area contributed by atoms with Crippen LogP contribution in [0.3, 0.4) is 0 Å². The van der Waals surface area contributed by atoms with Crippen LogP contribution in [0.1, 0.15) is 28.8 Å². The first-order valence-electron chi connectivity index (χ1n) is 8.05. The third-order valence-corrected chi connectivity index (χ3v) is 5.27. The Morgan fingerprint density at radius 1 is 1.09 bits per heavy atom. The molecule has 0 bridgehead atoms. The fraction of sp³-hybridized carbons (Fsp3) is 0.316. The zero-order valence-corrected chi connectivity index (χ0v) is 12.8. The Kier molecular flexibility index (Phi) is 2.30. The summed E-state index contributed by atoms with van der Waals surface area (Å²) < 4.78 is 2.14. The predicted octanol–water partition coefficient (Wildman–Crippen LogP) is 3.54. The highest BCUT2D eigenvalue weighted by molar-refractivity contribution is 5.74. The second-order valence-corrected chi connectivity index (χ2v) is 6.86. The van der Waals surface area contributed by atoms with Crippen molar-refractivity contribution in [2.75, 3.05) is 5.32 Å². The molecule has 1 N–H and O–H groups in total. The Morgan fingerprint density at radius 3 is 2.64 bits per heavy atom. The third kappa shape index (κ3) is 1.65. The lowest BCUT2D eigenvalue weighted by Gasteiger charge is -2.37. The monoisotopic (exact) mass is 289 g/mol. The van der Waals surface area contributed by atoms with Crippen LogP contribution in [0.25, 0.3) is 5.65 Å². The molecule has 1 spiro atoms. The number of nitrogens with one attached hydrogen (secondary N) is 1. The van der Waals surface area contributed by atoms with Gasteiger partial charge in [-0.3, -0.25) is 0 Å². The summed E-state index contributed by atoms with van der Waals surface area (Å²) >= 11 is 0. The molecule has 3 heteroatoms. The van der Waals surface area contributed by atoms with Gasteiger partial charge in [-0.25, -0.2) is 4.98 Å². The predicted molar refractivity (Wildman–Crippen MR) is 88.5 cm³/mol. The van der Waals surface area contributed by atoms with Gasteiger partial charge in [0, 0.05) is 17.9 Å². The Morgan fingerprint density at radius 2 is 1.86 bits per heavy atom. The lowest BCUT2D eigenvalue weighted by molar-refractivity contribution is 0.440. The van der Waals surface area contributed by atoms with Crippen molar-refractivity contribution in [3.8, 4) is 0 Å². The van der Waals surface area contributed by atoms with E-state index in [-0.39, 0.29) is 5.54 Å². The molecule has 0 unspecified atom stereocenters. The summed E-state index contributed by atoms with van der Waals surface area (Å²) in [7, 11) is 0. The van der Waals surface area contributed by atoms with Crippen molar-refractivity contribution in [2.24, 2.45) is 0 Å². The normalized spacial score (nSPS) is 18.2. The molecule has 0 radical (unpaired) electrons. The molecule has 2 aliphatic rings. The van der Waals surface area contributed by atoms with E-state index in [1.165, 1.54) is 28.8 Å². The molecular weight excluding hydrogens is 270 g/mol. The topological polar surface area (TPSA) is 29.3 Å². The number of hydrogen-bond acceptors (Lipinski definition) is 2. The Balaban J connectivity index is 1.61. The van der Waals surface area contributed by atoms with Gasteiger partial charge in [0.15, 0.2) is 5.65 Å². The van der Waals surface area contributed by atoms with Gasteiger partial charge in [0.25, 0.3) is 0 Å². The summed E-state index contributed by atoms with van der Waals surface area (Å²) in [4.78, 5) is 4.73. The molecule has 110 valence electrons. The van der Waals surface area contributed by atoms with Crippen molar-refractivity contribution in [1.82, 2.24) is 9.38 Å². The number of aromatic nitrogens is 2. The molecule has 0 atom stereocenters.